The molecule has 1 unspecified atom stereocenters. The highest BCUT2D eigenvalue weighted by atomic mass is 35.5. The lowest BCUT2D eigenvalue weighted by Gasteiger charge is -2.34. The van der Waals surface area contributed by atoms with Gasteiger partial charge in [-0.15, -0.1) is 0 Å². The van der Waals surface area contributed by atoms with Gasteiger partial charge in [-0.1, -0.05) is 23.7 Å². The summed E-state index contributed by atoms with van der Waals surface area (Å²) in [6, 6.07) is 6.32. The summed E-state index contributed by atoms with van der Waals surface area (Å²) < 4.78 is 5.30. The fourth-order valence-electron chi connectivity index (χ4n) is 2.82. The van der Waals surface area contributed by atoms with Gasteiger partial charge in [-0.25, -0.2) is 4.79 Å². The average molecular weight is 336 g/mol. The minimum absolute atomic E-state index is 0.0850. The van der Waals surface area contributed by atoms with Gasteiger partial charge < -0.3 is 20.3 Å². The van der Waals surface area contributed by atoms with E-state index in [0.717, 1.165) is 5.56 Å². The lowest BCUT2D eigenvalue weighted by molar-refractivity contribution is -0.131. The number of carbonyl (C=O) groups excluding carboxylic acids is 2. The summed E-state index contributed by atoms with van der Waals surface area (Å²) in [6.45, 7) is 3.91. The van der Waals surface area contributed by atoms with Gasteiger partial charge in [-0.05, 0) is 24.6 Å². The van der Waals surface area contributed by atoms with E-state index >= 15 is 0 Å². The summed E-state index contributed by atoms with van der Waals surface area (Å²) in [5.41, 5.74) is 1.94. The predicted octanol–water partition coefficient (Wildman–Crippen LogP) is 1.83. The molecule has 0 aliphatic carbocycles. The lowest BCUT2D eigenvalue weighted by Crippen LogP contribution is -2.49. The first-order valence-corrected chi connectivity index (χ1v) is 7.85. The van der Waals surface area contributed by atoms with Crippen molar-refractivity contribution < 1.29 is 14.3 Å². The van der Waals surface area contributed by atoms with Crippen LogP contribution in [-0.4, -0.2) is 43.1 Å². The fourth-order valence-corrected chi connectivity index (χ4v) is 2.95. The fraction of sp³-hybridized carbons (Fsp3) is 0.375. The van der Waals surface area contributed by atoms with Crippen LogP contribution in [0.1, 0.15) is 18.5 Å². The number of rotatable bonds is 2. The maximum absolute atomic E-state index is 12.9. The molecule has 3 rings (SSSR count). The van der Waals surface area contributed by atoms with Gasteiger partial charge in [0.05, 0.1) is 24.8 Å². The monoisotopic (exact) mass is 335 g/mol. The number of morpholine rings is 1. The molecule has 1 fully saturated rings. The molecule has 1 saturated heterocycles. The largest absolute Gasteiger partial charge is 0.378 e. The predicted molar refractivity (Wildman–Crippen MR) is 86.0 cm³/mol. The average Bonchev–Trinajstić information content (AvgIpc) is 2.55. The van der Waals surface area contributed by atoms with E-state index in [1.165, 1.54) is 0 Å². The van der Waals surface area contributed by atoms with Crippen LogP contribution in [0, 0.1) is 0 Å². The Morgan fingerprint density at radius 2 is 1.91 bits per heavy atom. The summed E-state index contributed by atoms with van der Waals surface area (Å²) in [6.07, 6.45) is 0. The molecule has 1 aromatic carbocycles. The molecule has 23 heavy (non-hydrogen) atoms. The standard InChI is InChI=1S/C16H18ClN3O3/c1-10-13(15(21)20-6-8-23-9-7-20)14(19-16(22)18-10)11-2-4-12(17)5-3-11/h2-5,14H,6-9H2,1H3,(H2,18,19,22). The number of ether oxygens (including phenoxy) is 1. The SMILES string of the molecule is CC1=C(C(=O)N2CCOCC2)C(c2ccc(Cl)cc2)NC(=O)N1. The highest BCUT2D eigenvalue weighted by Gasteiger charge is 2.33. The number of allylic oxidation sites excluding steroid dienone is 1. The Morgan fingerprint density at radius 3 is 2.57 bits per heavy atom. The van der Waals surface area contributed by atoms with Crippen molar-refractivity contribution >= 4 is 23.5 Å². The second-order valence-electron chi connectivity index (χ2n) is 5.53. The molecule has 1 atom stereocenters. The van der Waals surface area contributed by atoms with Crippen LogP contribution in [0.2, 0.25) is 5.02 Å². The molecule has 1 aromatic rings. The lowest BCUT2D eigenvalue weighted by atomic mass is 9.94. The molecule has 2 heterocycles. The first-order valence-electron chi connectivity index (χ1n) is 7.47. The van der Waals surface area contributed by atoms with Gasteiger partial charge in [-0.2, -0.15) is 0 Å². The maximum Gasteiger partial charge on any atom is 0.319 e. The van der Waals surface area contributed by atoms with Crippen molar-refractivity contribution in [2.75, 3.05) is 26.3 Å². The molecule has 0 radical (unpaired) electrons. The highest BCUT2D eigenvalue weighted by molar-refractivity contribution is 6.30. The number of hydrogen-bond donors (Lipinski definition) is 2. The van der Waals surface area contributed by atoms with Gasteiger partial charge in [0, 0.05) is 23.8 Å². The van der Waals surface area contributed by atoms with E-state index in [2.05, 4.69) is 10.6 Å². The minimum atomic E-state index is -0.489. The molecule has 0 bridgehead atoms. The van der Waals surface area contributed by atoms with Crippen molar-refractivity contribution in [1.29, 1.82) is 0 Å². The van der Waals surface area contributed by atoms with Gasteiger partial charge in [0.2, 0.25) is 0 Å². The van der Waals surface area contributed by atoms with Crippen LogP contribution in [0.3, 0.4) is 0 Å². The second-order valence-corrected chi connectivity index (χ2v) is 5.96. The van der Waals surface area contributed by atoms with Crippen LogP contribution in [0.15, 0.2) is 35.5 Å². The van der Waals surface area contributed by atoms with Crippen LogP contribution in [0.5, 0.6) is 0 Å². The molecule has 0 spiro atoms. The molecular formula is C16H18ClN3O3. The summed E-state index contributed by atoms with van der Waals surface area (Å²) in [7, 11) is 0. The zero-order valence-electron chi connectivity index (χ0n) is 12.8. The smallest absolute Gasteiger partial charge is 0.319 e. The van der Waals surface area contributed by atoms with E-state index in [4.69, 9.17) is 16.3 Å². The molecule has 6 nitrogen and oxygen atoms in total. The van der Waals surface area contributed by atoms with Crippen LogP contribution in [-0.2, 0) is 9.53 Å². The van der Waals surface area contributed by atoms with Gasteiger partial charge in [0.15, 0.2) is 0 Å². The van der Waals surface area contributed by atoms with E-state index < -0.39 is 6.04 Å². The van der Waals surface area contributed by atoms with Gasteiger partial charge in [0.1, 0.15) is 0 Å². The van der Waals surface area contributed by atoms with E-state index in [1.807, 2.05) is 12.1 Å². The summed E-state index contributed by atoms with van der Waals surface area (Å²) in [4.78, 5) is 26.5. The number of amides is 3. The quantitative estimate of drug-likeness (QED) is 0.866. The summed E-state index contributed by atoms with van der Waals surface area (Å²) >= 11 is 5.93. The van der Waals surface area contributed by atoms with Gasteiger partial charge in [-0.3, -0.25) is 4.79 Å². The Morgan fingerprint density at radius 1 is 1.26 bits per heavy atom. The van der Waals surface area contributed by atoms with Crippen molar-refractivity contribution in [2.24, 2.45) is 0 Å². The number of carbonyl (C=O) groups is 2. The van der Waals surface area contributed by atoms with Gasteiger partial charge >= 0.3 is 6.03 Å². The normalized spacial score (nSPS) is 21.7. The van der Waals surface area contributed by atoms with Crippen molar-refractivity contribution in [3.8, 4) is 0 Å². The molecule has 2 aliphatic rings. The molecule has 7 heteroatoms. The Kier molecular flexibility index (Phi) is 4.54. The molecular weight excluding hydrogens is 318 g/mol. The molecule has 122 valence electrons. The topological polar surface area (TPSA) is 70.7 Å². The van der Waals surface area contributed by atoms with Crippen molar-refractivity contribution in [2.45, 2.75) is 13.0 Å². The van der Waals surface area contributed by atoms with E-state index in [9.17, 15) is 9.59 Å². The molecule has 0 saturated carbocycles. The van der Waals surface area contributed by atoms with E-state index in [1.54, 1.807) is 24.0 Å². The number of nitrogens with one attached hydrogen (secondary N) is 2. The minimum Gasteiger partial charge on any atom is -0.378 e. The van der Waals surface area contributed by atoms with Crippen molar-refractivity contribution in [3.05, 3.63) is 46.1 Å². The Hall–Kier alpha value is -2.05. The zero-order chi connectivity index (χ0) is 16.4. The van der Waals surface area contributed by atoms with Crippen LogP contribution >= 0.6 is 11.6 Å². The third-order valence-corrected chi connectivity index (χ3v) is 4.25. The Bertz CT molecular complexity index is 651. The molecule has 2 N–H and O–H groups in total. The molecule has 2 aliphatic heterocycles. The molecule has 3 amide bonds. The maximum atomic E-state index is 12.9. The zero-order valence-corrected chi connectivity index (χ0v) is 13.5. The first-order chi connectivity index (χ1) is 11.1. The van der Waals surface area contributed by atoms with Gasteiger partial charge in [0.25, 0.3) is 5.91 Å². The number of halogens is 1. The van der Waals surface area contributed by atoms with Crippen LogP contribution < -0.4 is 10.6 Å². The summed E-state index contributed by atoms with van der Waals surface area (Å²) in [5, 5.41) is 6.12. The highest BCUT2D eigenvalue weighted by Crippen LogP contribution is 2.29. The van der Waals surface area contributed by atoms with Crippen molar-refractivity contribution in [3.63, 3.8) is 0 Å². The van der Waals surface area contributed by atoms with Crippen molar-refractivity contribution in [1.82, 2.24) is 15.5 Å². The van der Waals surface area contributed by atoms with E-state index in [-0.39, 0.29) is 11.9 Å². The number of hydrogen-bond acceptors (Lipinski definition) is 3. The third kappa shape index (κ3) is 3.33. The second kappa shape index (κ2) is 6.60. The first kappa shape index (κ1) is 15.8. The third-order valence-electron chi connectivity index (χ3n) is 4.00. The molecule has 0 aromatic heterocycles. The number of urea groups is 1. The Balaban J connectivity index is 1.95. The number of benzene rings is 1. The Labute approximate surface area is 139 Å². The van der Waals surface area contributed by atoms with Crippen LogP contribution in [0.25, 0.3) is 0 Å². The summed E-state index contributed by atoms with van der Waals surface area (Å²) in [5.74, 6) is -0.0850. The number of nitrogens with zero attached hydrogens (tertiary/aromatic N) is 1. The van der Waals surface area contributed by atoms with E-state index in [0.29, 0.717) is 42.6 Å². The van der Waals surface area contributed by atoms with Crippen LogP contribution in [0.4, 0.5) is 4.79 Å².